The van der Waals surface area contributed by atoms with Crippen LogP contribution in [0.5, 0.6) is 0 Å². The molecule has 1 heterocycles. The van der Waals surface area contributed by atoms with Crippen molar-refractivity contribution >= 4 is 5.91 Å². The molecule has 3 rings (SSSR count). The first kappa shape index (κ1) is 16.7. The third-order valence-electron chi connectivity index (χ3n) is 4.89. The summed E-state index contributed by atoms with van der Waals surface area (Å²) >= 11 is 0. The molecule has 3 heteroatoms. The van der Waals surface area contributed by atoms with Crippen molar-refractivity contribution in [2.24, 2.45) is 0 Å². The lowest BCUT2D eigenvalue weighted by atomic mass is 9.99. The summed E-state index contributed by atoms with van der Waals surface area (Å²) in [6.07, 6.45) is 2.03. The lowest BCUT2D eigenvalue weighted by Gasteiger charge is -2.16. The van der Waals surface area contributed by atoms with Crippen molar-refractivity contribution in [1.29, 1.82) is 0 Å². The summed E-state index contributed by atoms with van der Waals surface area (Å²) < 4.78 is 0. The minimum atomic E-state index is 0.136. The third-order valence-corrected chi connectivity index (χ3v) is 4.89. The van der Waals surface area contributed by atoms with E-state index in [-0.39, 0.29) is 5.91 Å². The largest absolute Gasteiger partial charge is 0.355 e. The average molecular weight is 322 g/mol. The molecule has 2 aromatic carbocycles. The molecule has 24 heavy (non-hydrogen) atoms. The number of hydrogen-bond acceptors (Lipinski definition) is 2. The molecule has 0 radical (unpaired) electrons. The normalized spacial score (nSPS) is 17.8. The molecule has 3 nitrogen and oxygen atoms in total. The number of likely N-dealkylation sites (tertiary alicyclic amines) is 1. The maximum Gasteiger partial charge on any atom is 0.234 e. The predicted octanol–water partition coefficient (Wildman–Crippen LogP) is 3.14. The van der Waals surface area contributed by atoms with Crippen LogP contribution in [0.4, 0.5) is 0 Å². The Labute approximate surface area is 144 Å². The van der Waals surface area contributed by atoms with Gasteiger partial charge in [-0.2, -0.15) is 0 Å². The van der Waals surface area contributed by atoms with Crippen LogP contribution in [0.2, 0.25) is 0 Å². The van der Waals surface area contributed by atoms with E-state index in [0.717, 1.165) is 25.9 Å². The molecule has 0 aromatic heterocycles. The highest BCUT2D eigenvalue weighted by atomic mass is 16.2. The smallest absolute Gasteiger partial charge is 0.234 e. The Hall–Kier alpha value is -2.13. The van der Waals surface area contributed by atoms with Gasteiger partial charge in [-0.05, 0) is 48.9 Å². The molecule has 1 amide bonds. The molecule has 0 aliphatic carbocycles. The minimum Gasteiger partial charge on any atom is -0.355 e. The van der Waals surface area contributed by atoms with Crippen LogP contribution in [0.1, 0.15) is 29.0 Å². The second-order valence-corrected chi connectivity index (χ2v) is 6.66. The Morgan fingerprint density at radius 3 is 2.67 bits per heavy atom. The number of nitrogens with one attached hydrogen (secondary N) is 1. The van der Waals surface area contributed by atoms with Gasteiger partial charge < -0.3 is 5.32 Å². The number of carbonyl (C=O) groups is 1. The maximum atomic E-state index is 12.2. The standard InChI is InChI=1S/C21H26N2O/c1-17-7-5-6-8-18(17)11-13-22-21(24)16-23-14-12-20(15-23)19-9-3-2-4-10-19/h2-10,20H,11-16H2,1H3,(H,22,24). The Morgan fingerprint density at radius 1 is 1.12 bits per heavy atom. The topological polar surface area (TPSA) is 32.3 Å². The molecular formula is C21H26N2O. The summed E-state index contributed by atoms with van der Waals surface area (Å²) in [6.45, 7) is 5.32. The minimum absolute atomic E-state index is 0.136. The van der Waals surface area contributed by atoms with Gasteiger partial charge in [0.15, 0.2) is 0 Å². The highest BCUT2D eigenvalue weighted by Gasteiger charge is 2.24. The Balaban J connectivity index is 1.41. The van der Waals surface area contributed by atoms with Gasteiger partial charge in [-0.15, -0.1) is 0 Å². The fourth-order valence-corrected chi connectivity index (χ4v) is 3.46. The molecule has 1 atom stereocenters. The molecular weight excluding hydrogens is 296 g/mol. The molecule has 1 aliphatic heterocycles. The summed E-state index contributed by atoms with van der Waals surface area (Å²) in [7, 11) is 0. The molecule has 0 bridgehead atoms. The van der Waals surface area contributed by atoms with Crippen LogP contribution in [0.15, 0.2) is 54.6 Å². The van der Waals surface area contributed by atoms with E-state index in [0.29, 0.717) is 19.0 Å². The molecule has 1 fully saturated rings. The molecule has 0 spiro atoms. The van der Waals surface area contributed by atoms with E-state index in [9.17, 15) is 4.79 Å². The van der Waals surface area contributed by atoms with Crippen LogP contribution in [-0.4, -0.2) is 37.0 Å². The summed E-state index contributed by atoms with van der Waals surface area (Å²) in [6, 6.07) is 19.0. The number of hydrogen-bond donors (Lipinski definition) is 1. The van der Waals surface area contributed by atoms with Crippen molar-refractivity contribution in [1.82, 2.24) is 10.2 Å². The van der Waals surface area contributed by atoms with E-state index in [1.54, 1.807) is 0 Å². The van der Waals surface area contributed by atoms with Crippen molar-refractivity contribution in [2.45, 2.75) is 25.7 Å². The first-order chi connectivity index (χ1) is 11.7. The predicted molar refractivity (Wildman–Crippen MR) is 98.1 cm³/mol. The van der Waals surface area contributed by atoms with Crippen LogP contribution in [0, 0.1) is 6.92 Å². The monoisotopic (exact) mass is 322 g/mol. The van der Waals surface area contributed by atoms with Crippen LogP contribution in [0.25, 0.3) is 0 Å². The summed E-state index contributed by atoms with van der Waals surface area (Å²) in [5.41, 5.74) is 3.99. The number of aryl methyl sites for hydroxylation is 1. The van der Waals surface area contributed by atoms with Gasteiger partial charge in [-0.25, -0.2) is 0 Å². The van der Waals surface area contributed by atoms with E-state index in [4.69, 9.17) is 0 Å². The fraction of sp³-hybridized carbons (Fsp3) is 0.381. The van der Waals surface area contributed by atoms with Gasteiger partial charge in [0.05, 0.1) is 6.54 Å². The highest BCUT2D eigenvalue weighted by molar-refractivity contribution is 5.78. The zero-order chi connectivity index (χ0) is 16.8. The molecule has 1 N–H and O–H groups in total. The molecule has 2 aromatic rings. The van der Waals surface area contributed by atoms with E-state index in [2.05, 4.69) is 65.7 Å². The van der Waals surface area contributed by atoms with Crippen LogP contribution < -0.4 is 5.32 Å². The Kier molecular flexibility index (Phi) is 5.65. The first-order valence-electron chi connectivity index (χ1n) is 8.81. The molecule has 1 aliphatic rings. The second kappa shape index (κ2) is 8.11. The van der Waals surface area contributed by atoms with Gasteiger partial charge >= 0.3 is 0 Å². The molecule has 126 valence electrons. The van der Waals surface area contributed by atoms with Gasteiger partial charge in [0.2, 0.25) is 5.91 Å². The molecule has 1 unspecified atom stereocenters. The van der Waals surface area contributed by atoms with E-state index >= 15 is 0 Å². The summed E-state index contributed by atoms with van der Waals surface area (Å²) in [5, 5.41) is 3.06. The Morgan fingerprint density at radius 2 is 1.88 bits per heavy atom. The van der Waals surface area contributed by atoms with Crippen LogP contribution >= 0.6 is 0 Å². The van der Waals surface area contributed by atoms with Crippen molar-refractivity contribution in [3.63, 3.8) is 0 Å². The van der Waals surface area contributed by atoms with Crippen molar-refractivity contribution in [2.75, 3.05) is 26.2 Å². The van der Waals surface area contributed by atoms with Crippen molar-refractivity contribution in [3.05, 3.63) is 71.3 Å². The van der Waals surface area contributed by atoms with Crippen molar-refractivity contribution in [3.8, 4) is 0 Å². The van der Waals surface area contributed by atoms with Crippen LogP contribution in [-0.2, 0) is 11.2 Å². The number of amides is 1. The lowest BCUT2D eigenvalue weighted by molar-refractivity contribution is -0.121. The number of rotatable bonds is 6. The van der Waals surface area contributed by atoms with Gasteiger partial charge in [-0.1, -0.05) is 54.6 Å². The second-order valence-electron chi connectivity index (χ2n) is 6.66. The van der Waals surface area contributed by atoms with E-state index < -0.39 is 0 Å². The SMILES string of the molecule is Cc1ccccc1CCNC(=O)CN1CCC(c2ccccc2)C1. The average Bonchev–Trinajstić information content (AvgIpc) is 3.06. The number of benzene rings is 2. The zero-order valence-electron chi connectivity index (χ0n) is 14.4. The number of carbonyl (C=O) groups excluding carboxylic acids is 1. The first-order valence-corrected chi connectivity index (χ1v) is 8.81. The quantitative estimate of drug-likeness (QED) is 0.886. The molecule has 1 saturated heterocycles. The summed E-state index contributed by atoms with van der Waals surface area (Å²) in [4.78, 5) is 14.4. The van der Waals surface area contributed by atoms with E-state index in [1.807, 2.05) is 6.07 Å². The Bertz CT molecular complexity index is 669. The maximum absolute atomic E-state index is 12.2. The number of nitrogens with zero attached hydrogens (tertiary/aromatic N) is 1. The van der Waals surface area contributed by atoms with E-state index in [1.165, 1.54) is 16.7 Å². The summed E-state index contributed by atoms with van der Waals surface area (Å²) in [5.74, 6) is 0.697. The van der Waals surface area contributed by atoms with Crippen LogP contribution in [0.3, 0.4) is 0 Å². The van der Waals surface area contributed by atoms with Gasteiger partial charge in [0.25, 0.3) is 0 Å². The van der Waals surface area contributed by atoms with Gasteiger partial charge in [-0.3, -0.25) is 9.69 Å². The third kappa shape index (κ3) is 4.45. The van der Waals surface area contributed by atoms with Gasteiger partial charge in [0, 0.05) is 13.1 Å². The lowest BCUT2D eigenvalue weighted by Crippen LogP contribution is -2.36. The fourth-order valence-electron chi connectivity index (χ4n) is 3.46. The molecule has 0 saturated carbocycles. The highest BCUT2D eigenvalue weighted by Crippen LogP contribution is 2.26. The zero-order valence-corrected chi connectivity index (χ0v) is 14.4. The van der Waals surface area contributed by atoms with Gasteiger partial charge in [0.1, 0.15) is 0 Å². The van der Waals surface area contributed by atoms with Crippen molar-refractivity contribution < 1.29 is 4.79 Å².